The second kappa shape index (κ2) is 7.07. The number of ether oxygens (including phenoxy) is 1. The van der Waals surface area contributed by atoms with Gasteiger partial charge in [-0.25, -0.2) is 0 Å². The van der Waals surface area contributed by atoms with Crippen LogP contribution in [0.5, 0.6) is 5.75 Å². The summed E-state index contributed by atoms with van der Waals surface area (Å²) in [6.45, 7) is 5.81. The number of benzene rings is 1. The van der Waals surface area contributed by atoms with E-state index in [4.69, 9.17) is 9.15 Å². The van der Waals surface area contributed by atoms with Crippen molar-refractivity contribution in [2.45, 2.75) is 26.8 Å². The molecule has 1 N–H and O–H groups in total. The van der Waals surface area contributed by atoms with Gasteiger partial charge in [-0.3, -0.25) is 14.5 Å². The highest BCUT2D eigenvalue weighted by atomic mass is 16.5. The maximum absolute atomic E-state index is 12.8. The number of nitrogens with zero attached hydrogens (tertiary/aromatic N) is 1. The van der Waals surface area contributed by atoms with Gasteiger partial charge in [-0.05, 0) is 31.2 Å². The second-order valence-corrected chi connectivity index (χ2v) is 6.30. The van der Waals surface area contributed by atoms with Crippen LogP contribution in [0.3, 0.4) is 0 Å². The SMILES string of the molecule is CCOc1cccc(N2C(=O)C(O)=C(C(=O)C(C)C)C2c2ccco2)c1. The minimum Gasteiger partial charge on any atom is -0.503 e. The molecule has 0 saturated heterocycles. The quantitative estimate of drug-likeness (QED) is 0.852. The smallest absolute Gasteiger partial charge is 0.294 e. The summed E-state index contributed by atoms with van der Waals surface area (Å²) in [6, 6.07) is 9.52. The number of aliphatic hydroxyl groups is 1. The molecule has 6 heteroatoms. The maximum Gasteiger partial charge on any atom is 0.294 e. The topological polar surface area (TPSA) is 80.0 Å². The van der Waals surface area contributed by atoms with Crippen molar-refractivity contribution in [3.8, 4) is 5.75 Å². The fraction of sp³-hybridized carbons (Fsp3) is 0.300. The molecular formula is C20H21NO5. The number of furan rings is 1. The Hall–Kier alpha value is -3.02. The number of hydrogen-bond donors (Lipinski definition) is 1. The molecule has 1 unspecified atom stereocenters. The summed E-state index contributed by atoms with van der Waals surface area (Å²) in [5.74, 6) is -0.823. The highest BCUT2D eigenvalue weighted by Crippen LogP contribution is 2.42. The van der Waals surface area contributed by atoms with Gasteiger partial charge >= 0.3 is 0 Å². The number of ketones is 1. The van der Waals surface area contributed by atoms with E-state index in [9.17, 15) is 14.7 Å². The van der Waals surface area contributed by atoms with E-state index in [-0.39, 0.29) is 17.3 Å². The lowest BCUT2D eigenvalue weighted by Crippen LogP contribution is -2.31. The molecule has 1 aromatic heterocycles. The predicted octanol–water partition coefficient (Wildman–Crippen LogP) is 3.80. The number of anilines is 1. The van der Waals surface area contributed by atoms with Crippen LogP contribution in [0.2, 0.25) is 0 Å². The molecule has 0 aliphatic carbocycles. The average Bonchev–Trinajstić information content (AvgIpc) is 3.22. The van der Waals surface area contributed by atoms with Gasteiger partial charge in [-0.2, -0.15) is 0 Å². The fourth-order valence-corrected chi connectivity index (χ4v) is 3.04. The van der Waals surface area contributed by atoms with Crippen molar-refractivity contribution in [1.29, 1.82) is 0 Å². The van der Waals surface area contributed by atoms with E-state index in [1.54, 1.807) is 50.2 Å². The number of Topliss-reactive ketones (excluding diaryl/α,β-unsaturated/α-hetero) is 1. The molecule has 1 atom stereocenters. The molecule has 6 nitrogen and oxygen atoms in total. The van der Waals surface area contributed by atoms with Crippen molar-refractivity contribution >= 4 is 17.4 Å². The Balaban J connectivity index is 2.12. The zero-order chi connectivity index (χ0) is 18.8. The molecular weight excluding hydrogens is 334 g/mol. The molecule has 3 rings (SSSR count). The number of aliphatic hydroxyl groups excluding tert-OH is 1. The first-order valence-corrected chi connectivity index (χ1v) is 8.52. The number of carbonyl (C=O) groups excluding carboxylic acids is 2. The monoisotopic (exact) mass is 355 g/mol. The van der Waals surface area contributed by atoms with Crippen LogP contribution in [-0.2, 0) is 9.59 Å². The Bertz CT molecular complexity index is 851. The molecule has 1 aliphatic rings. The third-order valence-electron chi connectivity index (χ3n) is 4.22. The van der Waals surface area contributed by atoms with Crippen LogP contribution in [0.4, 0.5) is 5.69 Å². The van der Waals surface area contributed by atoms with Gasteiger partial charge < -0.3 is 14.3 Å². The molecule has 0 saturated carbocycles. The Morgan fingerprint density at radius 3 is 2.69 bits per heavy atom. The standard InChI is InChI=1S/C20H21NO5/c1-4-25-14-8-5-7-13(11-14)21-17(15-9-6-10-26-15)16(18(22)12(2)3)19(23)20(21)24/h5-12,17,23H,4H2,1-3H3. The minimum absolute atomic E-state index is 0.0572. The maximum atomic E-state index is 12.8. The fourth-order valence-electron chi connectivity index (χ4n) is 3.04. The molecule has 0 radical (unpaired) electrons. The molecule has 0 bridgehead atoms. The molecule has 2 heterocycles. The van der Waals surface area contributed by atoms with Crippen LogP contribution < -0.4 is 9.64 Å². The van der Waals surface area contributed by atoms with Crippen LogP contribution in [0.1, 0.15) is 32.6 Å². The molecule has 1 amide bonds. The van der Waals surface area contributed by atoms with E-state index in [2.05, 4.69) is 0 Å². The third-order valence-corrected chi connectivity index (χ3v) is 4.22. The molecule has 2 aromatic rings. The van der Waals surface area contributed by atoms with Crippen molar-refractivity contribution in [2.75, 3.05) is 11.5 Å². The Morgan fingerprint density at radius 1 is 1.31 bits per heavy atom. The Morgan fingerprint density at radius 2 is 2.08 bits per heavy atom. The van der Waals surface area contributed by atoms with E-state index in [0.29, 0.717) is 23.8 Å². The zero-order valence-corrected chi connectivity index (χ0v) is 14.9. The summed E-state index contributed by atoms with van der Waals surface area (Å²) in [7, 11) is 0. The van der Waals surface area contributed by atoms with Crippen LogP contribution >= 0.6 is 0 Å². The number of hydrogen-bond acceptors (Lipinski definition) is 5. The van der Waals surface area contributed by atoms with E-state index >= 15 is 0 Å². The summed E-state index contributed by atoms with van der Waals surface area (Å²) < 4.78 is 11.0. The lowest BCUT2D eigenvalue weighted by atomic mass is 9.94. The second-order valence-electron chi connectivity index (χ2n) is 6.30. The van der Waals surface area contributed by atoms with Crippen molar-refractivity contribution in [3.63, 3.8) is 0 Å². The van der Waals surface area contributed by atoms with Gasteiger partial charge in [0.25, 0.3) is 5.91 Å². The summed E-state index contributed by atoms with van der Waals surface area (Å²) >= 11 is 0. The largest absolute Gasteiger partial charge is 0.503 e. The molecule has 26 heavy (non-hydrogen) atoms. The van der Waals surface area contributed by atoms with Gasteiger partial charge in [0.05, 0.1) is 18.4 Å². The number of carbonyl (C=O) groups is 2. The Kier molecular flexibility index (Phi) is 4.84. The van der Waals surface area contributed by atoms with Crippen molar-refractivity contribution in [3.05, 3.63) is 59.8 Å². The van der Waals surface area contributed by atoms with Crippen LogP contribution in [0.15, 0.2) is 58.4 Å². The van der Waals surface area contributed by atoms with Crippen LogP contribution in [-0.4, -0.2) is 23.4 Å². The summed E-state index contributed by atoms with van der Waals surface area (Å²) in [6.07, 6.45) is 1.47. The first-order chi connectivity index (χ1) is 12.5. The van der Waals surface area contributed by atoms with Crippen LogP contribution in [0.25, 0.3) is 0 Å². The van der Waals surface area contributed by atoms with Crippen molar-refractivity contribution < 1.29 is 23.8 Å². The van der Waals surface area contributed by atoms with E-state index < -0.39 is 17.7 Å². The van der Waals surface area contributed by atoms with E-state index in [1.165, 1.54) is 11.2 Å². The van der Waals surface area contributed by atoms with Gasteiger partial charge in [0.15, 0.2) is 11.5 Å². The highest BCUT2D eigenvalue weighted by Gasteiger charge is 2.46. The average molecular weight is 355 g/mol. The Labute approximate surface area is 151 Å². The summed E-state index contributed by atoms with van der Waals surface area (Å²) in [5, 5.41) is 10.4. The molecule has 1 aromatic carbocycles. The first kappa shape index (κ1) is 17.8. The van der Waals surface area contributed by atoms with Gasteiger partial charge in [-0.1, -0.05) is 19.9 Å². The summed E-state index contributed by atoms with van der Waals surface area (Å²) in [5.41, 5.74) is 0.571. The van der Waals surface area contributed by atoms with Crippen molar-refractivity contribution in [2.24, 2.45) is 5.92 Å². The first-order valence-electron chi connectivity index (χ1n) is 8.52. The number of amides is 1. The lowest BCUT2D eigenvalue weighted by Gasteiger charge is -2.25. The molecule has 0 fully saturated rings. The van der Waals surface area contributed by atoms with Crippen LogP contribution in [0, 0.1) is 5.92 Å². The normalized spacial score (nSPS) is 17.3. The van der Waals surface area contributed by atoms with E-state index in [1.807, 2.05) is 6.92 Å². The van der Waals surface area contributed by atoms with Gasteiger partial charge in [-0.15, -0.1) is 0 Å². The van der Waals surface area contributed by atoms with Crippen molar-refractivity contribution in [1.82, 2.24) is 0 Å². The lowest BCUT2D eigenvalue weighted by molar-refractivity contribution is -0.119. The number of rotatable bonds is 6. The van der Waals surface area contributed by atoms with Gasteiger partial charge in [0.1, 0.15) is 17.6 Å². The van der Waals surface area contributed by atoms with E-state index in [0.717, 1.165) is 0 Å². The summed E-state index contributed by atoms with van der Waals surface area (Å²) in [4.78, 5) is 26.9. The minimum atomic E-state index is -0.815. The zero-order valence-electron chi connectivity index (χ0n) is 14.9. The highest BCUT2D eigenvalue weighted by molar-refractivity contribution is 6.16. The third kappa shape index (κ3) is 2.98. The van der Waals surface area contributed by atoms with Gasteiger partial charge in [0, 0.05) is 17.7 Å². The molecule has 1 aliphatic heterocycles. The van der Waals surface area contributed by atoms with Gasteiger partial charge in [0.2, 0.25) is 0 Å². The molecule has 0 spiro atoms. The predicted molar refractivity (Wildman–Crippen MR) is 96.0 cm³/mol. The molecule has 136 valence electrons.